The van der Waals surface area contributed by atoms with Crippen LogP contribution in [0.15, 0.2) is 12.1 Å². The van der Waals surface area contributed by atoms with E-state index >= 15 is 0 Å². The molecule has 5 heteroatoms. The Morgan fingerprint density at radius 3 is 1.57 bits per heavy atom. The van der Waals surface area contributed by atoms with Crippen LogP contribution in [-0.2, 0) is 0 Å². The number of halogens is 2. The van der Waals surface area contributed by atoms with E-state index in [4.69, 9.17) is 0 Å². The maximum atomic E-state index is 2.78. The van der Waals surface area contributed by atoms with Crippen molar-refractivity contribution in [2.24, 2.45) is 11.8 Å². The first kappa shape index (κ1) is 25.3. The van der Waals surface area contributed by atoms with Crippen LogP contribution in [0.3, 0.4) is 0 Å². The van der Waals surface area contributed by atoms with Crippen LogP contribution in [0.5, 0.6) is 0 Å². The van der Waals surface area contributed by atoms with Gasteiger partial charge in [-0.05, 0) is 82.0 Å². The second kappa shape index (κ2) is 12.2. The summed E-state index contributed by atoms with van der Waals surface area (Å²) in [6.45, 7) is 9.49. The Kier molecular flexibility index (Phi) is 10.3. The lowest BCUT2D eigenvalue weighted by atomic mass is 9.85. The zero-order chi connectivity index (χ0) is 21.7. The molecule has 0 aliphatic rings. The maximum absolute atomic E-state index is 2.78. The lowest BCUT2D eigenvalue weighted by Gasteiger charge is -2.29. The highest BCUT2D eigenvalue weighted by atomic mass is 127. The van der Waals surface area contributed by atoms with Gasteiger partial charge in [0.25, 0.3) is 0 Å². The number of aromatic nitrogens is 1. The van der Waals surface area contributed by atoms with E-state index in [2.05, 4.69) is 89.6 Å². The van der Waals surface area contributed by atoms with Gasteiger partial charge in [-0.25, -0.2) is 0 Å². The summed E-state index contributed by atoms with van der Waals surface area (Å²) in [5, 5.41) is 0. The number of fused-ring (bicyclic) bond motifs is 3. The summed E-state index contributed by atoms with van der Waals surface area (Å²) in [5.41, 5.74) is 3.01. The molecule has 2 atom stereocenters. The third-order valence-electron chi connectivity index (χ3n) is 6.75. The topological polar surface area (TPSA) is 4.93 Å². The van der Waals surface area contributed by atoms with Crippen LogP contribution in [0.2, 0.25) is 0 Å². The third kappa shape index (κ3) is 5.96. The molecule has 3 rings (SSSR count). The molecule has 3 aromatic heterocycles. The largest absolute Gasteiger partial charge is 0.336 e. The monoisotopic (exact) mass is 669 g/mol. The van der Waals surface area contributed by atoms with Gasteiger partial charge in [0.05, 0.1) is 26.2 Å². The van der Waals surface area contributed by atoms with Crippen LogP contribution in [-0.4, -0.2) is 4.57 Å². The number of rotatable bonds is 13. The molecule has 0 saturated carbocycles. The van der Waals surface area contributed by atoms with Gasteiger partial charge in [0.2, 0.25) is 0 Å². The van der Waals surface area contributed by atoms with Crippen molar-refractivity contribution in [3.8, 4) is 0 Å². The molecule has 0 radical (unpaired) electrons. The fourth-order valence-electron chi connectivity index (χ4n) is 4.95. The van der Waals surface area contributed by atoms with Crippen LogP contribution >= 0.6 is 67.9 Å². The number of hydrogen-bond donors (Lipinski definition) is 0. The molecular weight excluding hydrogens is 632 g/mol. The Hall–Kier alpha value is 0.660. The van der Waals surface area contributed by atoms with E-state index in [1.54, 1.807) is 0 Å². The Bertz CT molecular complexity index is 851. The normalized spacial score (nSPS) is 15.3. The number of unbranched alkanes of at least 4 members (excludes halogenated alkanes) is 2. The SMILES string of the molecule is CCCCC(CC)CC(CC(CC)CCCC)n1c2cc(I)sc2c2sc(I)cc21. The van der Waals surface area contributed by atoms with Crippen LogP contribution in [0.1, 0.15) is 97.9 Å². The summed E-state index contributed by atoms with van der Waals surface area (Å²) in [5.74, 6) is 1.70. The molecular formula is C25H37I2NS2. The Morgan fingerprint density at radius 1 is 0.767 bits per heavy atom. The first-order chi connectivity index (χ1) is 14.5. The fraction of sp³-hybridized carbons (Fsp3) is 0.680. The molecule has 0 aliphatic carbocycles. The number of nitrogens with zero attached hydrogens (tertiary/aromatic N) is 1. The highest BCUT2D eigenvalue weighted by Gasteiger charge is 2.26. The first-order valence-corrected chi connectivity index (χ1v) is 15.7. The smallest absolute Gasteiger partial charge is 0.0712 e. The van der Waals surface area contributed by atoms with E-state index in [-0.39, 0.29) is 0 Å². The minimum absolute atomic E-state index is 0.629. The molecule has 168 valence electrons. The van der Waals surface area contributed by atoms with Crippen molar-refractivity contribution in [3.63, 3.8) is 0 Å². The lowest BCUT2D eigenvalue weighted by Crippen LogP contribution is -2.17. The van der Waals surface area contributed by atoms with Gasteiger partial charge in [-0.2, -0.15) is 0 Å². The molecule has 0 fully saturated rings. The summed E-state index contributed by atoms with van der Waals surface area (Å²) < 4.78 is 8.68. The van der Waals surface area contributed by atoms with Crippen LogP contribution in [0.25, 0.3) is 20.4 Å². The van der Waals surface area contributed by atoms with Crippen molar-refractivity contribution < 1.29 is 0 Å². The van der Waals surface area contributed by atoms with Crippen molar-refractivity contribution in [2.75, 3.05) is 0 Å². The molecule has 3 heterocycles. The third-order valence-corrected chi connectivity index (χ3v) is 10.7. The van der Waals surface area contributed by atoms with Gasteiger partial charge in [0.1, 0.15) is 0 Å². The molecule has 0 aliphatic heterocycles. The van der Waals surface area contributed by atoms with Gasteiger partial charge < -0.3 is 4.57 Å². The van der Waals surface area contributed by atoms with E-state index in [0.29, 0.717) is 6.04 Å². The predicted molar refractivity (Wildman–Crippen MR) is 156 cm³/mol. The summed E-state index contributed by atoms with van der Waals surface area (Å²) in [6.07, 6.45) is 13.5. The summed E-state index contributed by atoms with van der Waals surface area (Å²) in [6, 6.07) is 5.53. The minimum atomic E-state index is 0.629. The molecule has 1 nitrogen and oxygen atoms in total. The molecule has 0 aromatic carbocycles. The molecule has 30 heavy (non-hydrogen) atoms. The van der Waals surface area contributed by atoms with E-state index in [1.807, 2.05) is 22.7 Å². The highest BCUT2D eigenvalue weighted by Crippen LogP contribution is 2.45. The van der Waals surface area contributed by atoms with Crippen LogP contribution < -0.4 is 0 Å². The lowest BCUT2D eigenvalue weighted by molar-refractivity contribution is 0.279. The quantitative estimate of drug-likeness (QED) is 0.160. The number of thiophene rings is 2. The summed E-state index contributed by atoms with van der Waals surface area (Å²) in [4.78, 5) is 0. The zero-order valence-electron chi connectivity index (χ0n) is 19.0. The molecule has 3 aromatic rings. The molecule has 0 amide bonds. The molecule has 2 unspecified atom stereocenters. The van der Waals surface area contributed by atoms with E-state index in [0.717, 1.165) is 11.8 Å². The first-order valence-electron chi connectivity index (χ1n) is 11.9. The van der Waals surface area contributed by atoms with Crippen molar-refractivity contribution in [1.29, 1.82) is 0 Å². The van der Waals surface area contributed by atoms with Crippen molar-refractivity contribution >= 4 is 88.3 Å². The average molecular weight is 670 g/mol. The standard InChI is InChI=1S/C25H37I2NS2/c1-5-9-11-17(7-3)13-19(14-18(8-4)12-10-6-2)28-20-15-22(26)29-24(20)25-21(28)16-23(27)30-25/h15-19H,5-14H2,1-4H3. The van der Waals surface area contributed by atoms with Gasteiger partial charge >= 0.3 is 0 Å². The van der Waals surface area contributed by atoms with Crippen LogP contribution in [0.4, 0.5) is 0 Å². The minimum Gasteiger partial charge on any atom is -0.336 e. The average Bonchev–Trinajstić information content (AvgIpc) is 3.36. The molecule has 0 bridgehead atoms. The second-order valence-corrected chi connectivity index (χ2v) is 14.8. The predicted octanol–water partition coefficient (Wildman–Crippen LogP) is 10.9. The summed E-state index contributed by atoms with van der Waals surface area (Å²) >= 11 is 9.01. The highest BCUT2D eigenvalue weighted by molar-refractivity contribution is 14.1. The zero-order valence-corrected chi connectivity index (χ0v) is 24.9. The Labute approximate surface area is 218 Å². The molecule has 0 N–H and O–H groups in total. The summed E-state index contributed by atoms with van der Waals surface area (Å²) in [7, 11) is 0. The van der Waals surface area contributed by atoms with Gasteiger partial charge in [-0.15, -0.1) is 22.7 Å². The van der Waals surface area contributed by atoms with E-state index in [1.165, 1.54) is 90.4 Å². The Balaban J connectivity index is 2.03. The van der Waals surface area contributed by atoms with Crippen molar-refractivity contribution in [1.82, 2.24) is 4.57 Å². The van der Waals surface area contributed by atoms with Crippen molar-refractivity contribution in [2.45, 2.75) is 97.9 Å². The van der Waals surface area contributed by atoms with E-state index in [9.17, 15) is 0 Å². The number of hydrogen-bond acceptors (Lipinski definition) is 2. The van der Waals surface area contributed by atoms with Gasteiger partial charge in [-0.3, -0.25) is 0 Å². The molecule has 0 spiro atoms. The maximum Gasteiger partial charge on any atom is 0.0712 e. The fourth-order valence-corrected chi connectivity index (χ4v) is 8.76. The van der Waals surface area contributed by atoms with Gasteiger partial charge in [0.15, 0.2) is 0 Å². The Morgan fingerprint density at radius 2 is 1.20 bits per heavy atom. The molecule has 0 saturated heterocycles. The van der Waals surface area contributed by atoms with Gasteiger partial charge in [0, 0.05) is 6.04 Å². The van der Waals surface area contributed by atoms with Crippen molar-refractivity contribution in [3.05, 3.63) is 17.9 Å². The van der Waals surface area contributed by atoms with Crippen LogP contribution in [0, 0.1) is 17.6 Å². The second-order valence-electron chi connectivity index (χ2n) is 8.86. The van der Waals surface area contributed by atoms with Gasteiger partial charge in [-0.1, -0.05) is 79.1 Å². The van der Waals surface area contributed by atoms with E-state index < -0.39 is 0 Å².